The van der Waals surface area contributed by atoms with E-state index in [1.807, 2.05) is 55.5 Å². The van der Waals surface area contributed by atoms with Gasteiger partial charge in [0.1, 0.15) is 16.7 Å². The van der Waals surface area contributed by atoms with E-state index in [1.165, 1.54) is 11.8 Å². The van der Waals surface area contributed by atoms with Gasteiger partial charge in [0.15, 0.2) is 0 Å². The number of anilines is 1. The maximum Gasteiger partial charge on any atom is 0.267 e. The summed E-state index contributed by atoms with van der Waals surface area (Å²) in [5.41, 5.74) is 2.63. The Labute approximate surface area is 204 Å². The Kier molecular flexibility index (Phi) is 7.42. The molecule has 2 fully saturated rings. The lowest BCUT2D eigenvalue weighted by Gasteiger charge is -2.23. The third kappa shape index (κ3) is 5.10. The molecule has 7 heteroatoms. The summed E-state index contributed by atoms with van der Waals surface area (Å²) in [4.78, 5) is 30.2. The number of carbonyl (C=O) groups excluding carboxylic acids is 2. The van der Waals surface area contributed by atoms with Gasteiger partial charge in [0.05, 0.1) is 5.25 Å². The van der Waals surface area contributed by atoms with Crippen molar-refractivity contribution in [2.24, 2.45) is 0 Å². The van der Waals surface area contributed by atoms with Crippen LogP contribution in [0.5, 0.6) is 0 Å². The molecule has 2 aromatic rings. The van der Waals surface area contributed by atoms with Gasteiger partial charge in [-0.05, 0) is 55.5 Å². The molecule has 2 amide bonds. The van der Waals surface area contributed by atoms with Crippen molar-refractivity contribution < 1.29 is 9.59 Å². The first kappa shape index (κ1) is 23.4. The van der Waals surface area contributed by atoms with E-state index in [0.29, 0.717) is 35.2 Å². The normalized spacial score (nSPS) is 20.4. The summed E-state index contributed by atoms with van der Waals surface area (Å²) in [5, 5.41) is 10.7. The van der Waals surface area contributed by atoms with E-state index in [1.54, 1.807) is 9.80 Å². The molecule has 0 aliphatic carbocycles. The van der Waals surface area contributed by atoms with E-state index in [0.717, 1.165) is 36.8 Å². The summed E-state index contributed by atoms with van der Waals surface area (Å²) in [7, 11) is 0. The van der Waals surface area contributed by atoms with Gasteiger partial charge in [-0.1, -0.05) is 66.5 Å². The van der Waals surface area contributed by atoms with E-state index < -0.39 is 5.25 Å². The van der Waals surface area contributed by atoms with Crippen molar-refractivity contribution in [3.63, 3.8) is 0 Å². The highest BCUT2D eigenvalue weighted by Gasteiger charge is 2.41. The molecular formula is C26H26ClN3O2S. The molecule has 2 aromatic carbocycles. The van der Waals surface area contributed by atoms with Gasteiger partial charge in [-0.15, -0.1) is 0 Å². The quantitative estimate of drug-likeness (QED) is 0.430. The minimum atomic E-state index is -0.445. The van der Waals surface area contributed by atoms with Gasteiger partial charge < -0.3 is 4.90 Å². The van der Waals surface area contributed by atoms with E-state index >= 15 is 0 Å². The number of rotatable bonds is 4. The lowest BCUT2D eigenvalue weighted by molar-refractivity contribution is -0.126. The van der Waals surface area contributed by atoms with Crippen LogP contribution >= 0.6 is 23.4 Å². The van der Waals surface area contributed by atoms with E-state index in [9.17, 15) is 14.9 Å². The van der Waals surface area contributed by atoms with Crippen LogP contribution in [0.4, 0.5) is 5.69 Å². The van der Waals surface area contributed by atoms with Gasteiger partial charge in [-0.2, -0.15) is 5.26 Å². The summed E-state index contributed by atoms with van der Waals surface area (Å²) >= 11 is 7.60. The van der Waals surface area contributed by atoms with Crippen molar-refractivity contribution in [2.45, 2.75) is 44.3 Å². The number of thioether (sulfide) groups is 1. The predicted molar refractivity (Wildman–Crippen MR) is 133 cm³/mol. The highest BCUT2D eigenvalue weighted by molar-refractivity contribution is 8.05. The van der Waals surface area contributed by atoms with Crippen LogP contribution in [0.3, 0.4) is 0 Å². The minimum absolute atomic E-state index is 0.0449. The van der Waals surface area contributed by atoms with Crippen LogP contribution in [0, 0.1) is 18.3 Å². The van der Waals surface area contributed by atoms with Gasteiger partial charge in [0.2, 0.25) is 5.91 Å². The molecule has 1 atom stereocenters. The van der Waals surface area contributed by atoms with Crippen molar-refractivity contribution in [1.82, 2.24) is 4.90 Å². The lowest BCUT2D eigenvalue weighted by atomic mass is 10.1. The summed E-state index contributed by atoms with van der Waals surface area (Å²) in [6.07, 6.45) is 4.52. The maximum atomic E-state index is 13.6. The largest absolute Gasteiger partial charge is 0.338 e. The van der Waals surface area contributed by atoms with Crippen molar-refractivity contribution in [1.29, 1.82) is 5.26 Å². The average molecular weight is 480 g/mol. The molecule has 2 aliphatic rings. The number of likely N-dealkylation sites (tertiary alicyclic amines) is 1. The number of hydrogen-bond donors (Lipinski definition) is 0. The van der Waals surface area contributed by atoms with E-state index in [-0.39, 0.29) is 17.4 Å². The molecule has 33 heavy (non-hydrogen) atoms. The molecular weight excluding hydrogens is 454 g/mol. The average Bonchev–Trinajstić information content (AvgIpc) is 2.98. The zero-order chi connectivity index (χ0) is 23.4. The number of benzene rings is 2. The second kappa shape index (κ2) is 10.5. The Morgan fingerprint density at radius 3 is 2.45 bits per heavy atom. The van der Waals surface area contributed by atoms with Crippen LogP contribution < -0.4 is 4.90 Å². The first-order chi connectivity index (χ1) is 16.0. The van der Waals surface area contributed by atoms with Crippen molar-refractivity contribution in [2.75, 3.05) is 18.0 Å². The van der Waals surface area contributed by atoms with Crippen LogP contribution in [0.1, 0.15) is 36.8 Å². The standard InChI is InChI=1S/C26H26ClN3O2S/c1-18-11-12-19(15-22(18)27)16-23-25(32)30(20-9-5-4-6-10-20)26(33-23)21(17-28)24(31)29-13-7-2-3-8-14-29/h4-6,9-12,15,23H,2-3,7-8,13-14,16H2,1H3/b26-21-/t23-/m1/s1. The smallest absolute Gasteiger partial charge is 0.267 e. The molecule has 4 rings (SSSR count). The molecule has 0 spiro atoms. The number of amides is 2. The SMILES string of the molecule is Cc1ccc(C[C@H]2S/C(=C(/C#N)C(=O)N3CCCCCC3)N(c3ccccc3)C2=O)cc1Cl. The molecule has 0 unspecified atom stereocenters. The zero-order valence-electron chi connectivity index (χ0n) is 18.6. The molecule has 0 aromatic heterocycles. The summed E-state index contributed by atoms with van der Waals surface area (Å²) in [6.45, 7) is 3.23. The summed E-state index contributed by atoms with van der Waals surface area (Å²) in [6, 6.07) is 17.2. The Balaban J connectivity index is 1.71. The molecule has 2 heterocycles. The van der Waals surface area contributed by atoms with Gasteiger partial charge in [-0.25, -0.2) is 0 Å². The van der Waals surface area contributed by atoms with Crippen molar-refractivity contribution >= 4 is 40.9 Å². The number of nitrogens with zero attached hydrogens (tertiary/aromatic N) is 3. The second-order valence-corrected chi connectivity index (χ2v) is 10.0. The van der Waals surface area contributed by atoms with Crippen LogP contribution in [0.2, 0.25) is 5.02 Å². The zero-order valence-corrected chi connectivity index (χ0v) is 20.2. The Morgan fingerprint density at radius 2 is 1.82 bits per heavy atom. The predicted octanol–water partition coefficient (Wildman–Crippen LogP) is 5.48. The highest BCUT2D eigenvalue weighted by atomic mass is 35.5. The molecule has 0 N–H and O–H groups in total. The van der Waals surface area contributed by atoms with E-state index in [4.69, 9.17) is 11.6 Å². The Bertz CT molecular complexity index is 1120. The Hall–Kier alpha value is -2.75. The number of aryl methyl sites for hydroxylation is 1. The van der Waals surface area contributed by atoms with Gasteiger partial charge in [-0.3, -0.25) is 14.5 Å². The van der Waals surface area contributed by atoms with Gasteiger partial charge in [0.25, 0.3) is 5.91 Å². The Morgan fingerprint density at radius 1 is 1.12 bits per heavy atom. The number of halogens is 1. The van der Waals surface area contributed by atoms with Crippen LogP contribution in [0.15, 0.2) is 59.1 Å². The topological polar surface area (TPSA) is 64.4 Å². The third-order valence-electron chi connectivity index (χ3n) is 6.06. The lowest BCUT2D eigenvalue weighted by Crippen LogP contribution is -2.35. The number of para-hydroxylation sites is 1. The fourth-order valence-electron chi connectivity index (χ4n) is 4.20. The number of hydrogen-bond acceptors (Lipinski definition) is 4. The third-order valence-corrected chi connectivity index (χ3v) is 7.73. The maximum absolute atomic E-state index is 13.6. The minimum Gasteiger partial charge on any atom is -0.338 e. The molecule has 0 saturated carbocycles. The molecule has 0 bridgehead atoms. The first-order valence-corrected chi connectivity index (χ1v) is 12.5. The second-order valence-electron chi connectivity index (χ2n) is 8.40. The molecule has 2 aliphatic heterocycles. The van der Waals surface area contributed by atoms with Crippen LogP contribution in [0.25, 0.3) is 0 Å². The highest BCUT2D eigenvalue weighted by Crippen LogP contribution is 2.42. The fourth-order valence-corrected chi connectivity index (χ4v) is 5.71. The summed E-state index contributed by atoms with van der Waals surface area (Å²) in [5.74, 6) is -0.413. The van der Waals surface area contributed by atoms with E-state index in [2.05, 4.69) is 6.07 Å². The molecule has 5 nitrogen and oxygen atoms in total. The fraction of sp³-hybridized carbons (Fsp3) is 0.346. The van der Waals surface area contributed by atoms with Crippen molar-refractivity contribution in [3.05, 3.63) is 75.3 Å². The summed E-state index contributed by atoms with van der Waals surface area (Å²) < 4.78 is 0. The molecule has 170 valence electrons. The van der Waals surface area contributed by atoms with Gasteiger partial charge >= 0.3 is 0 Å². The van der Waals surface area contributed by atoms with Crippen LogP contribution in [-0.2, 0) is 16.0 Å². The van der Waals surface area contributed by atoms with Gasteiger partial charge in [0, 0.05) is 23.8 Å². The monoisotopic (exact) mass is 479 g/mol. The van der Waals surface area contributed by atoms with Crippen LogP contribution in [-0.4, -0.2) is 35.1 Å². The molecule has 2 saturated heterocycles. The first-order valence-electron chi connectivity index (χ1n) is 11.2. The number of carbonyl (C=O) groups is 2. The van der Waals surface area contributed by atoms with Crippen molar-refractivity contribution in [3.8, 4) is 6.07 Å². The number of nitriles is 1. The molecule has 0 radical (unpaired) electrons.